The molecule has 0 aromatic carbocycles. The SMILES string of the molecule is CCC(CC)C(C)Nc1cc(Cl)ncn1. The molecular weight excluding hydrogens is 210 g/mol. The molecule has 1 atom stereocenters. The van der Waals surface area contributed by atoms with Crippen LogP contribution < -0.4 is 5.32 Å². The van der Waals surface area contributed by atoms with Crippen LogP contribution in [0.25, 0.3) is 0 Å². The molecule has 1 heterocycles. The van der Waals surface area contributed by atoms with Gasteiger partial charge in [-0.15, -0.1) is 0 Å². The maximum Gasteiger partial charge on any atom is 0.134 e. The van der Waals surface area contributed by atoms with Crippen molar-refractivity contribution < 1.29 is 0 Å². The zero-order valence-electron chi connectivity index (χ0n) is 9.50. The van der Waals surface area contributed by atoms with Crippen LogP contribution in [-0.2, 0) is 0 Å². The van der Waals surface area contributed by atoms with E-state index in [4.69, 9.17) is 11.6 Å². The van der Waals surface area contributed by atoms with Gasteiger partial charge in [-0.3, -0.25) is 0 Å². The second-order valence-electron chi connectivity index (χ2n) is 3.74. The lowest BCUT2D eigenvalue weighted by atomic mass is 9.95. The Balaban J connectivity index is 2.61. The summed E-state index contributed by atoms with van der Waals surface area (Å²) in [5, 5.41) is 3.83. The molecule has 0 aliphatic heterocycles. The second-order valence-corrected chi connectivity index (χ2v) is 4.12. The van der Waals surface area contributed by atoms with Crippen LogP contribution in [0, 0.1) is 5.92 Å². The number of anilines is 1. The molecule has 4 heteroatoms. The van der Waals surface area contributed by atoms with Crippen molar-refractivity contribution in [3.63, 3.8) is 0 Å². The summed E-state index contributed by atoms with van der Waals surface area (Å²) in [6.45, 7) is 6.59. The van der Waals surface area contributed by atoms with Crippen molar-refractivity contribution in [2.24, 2.45) is 5.92 Å². The number of halogens is 1. The Morgan fingerprint density at radius 1 is 1.33 bits per heavy atom. The van der Waals surface area contributed by atoms with E-state index in [0.717, 1.165) is 5.82 Å². The van der Waals surface area contributed by atoms with Gasteiger partial charge in [-0.25, -0.2) is 9.97 Å². The summed E-state index contributed by atoms with van der Waals surface area (Å²) in [5.41, 5.74) is 0. The molecule has 0 amide bonds. The molecule has 0 aliphatic carbocycles. The zero-order valence-corrected chi connectivity index (χ0v) is 10.3. The summed E-state index contributed by atoms with van der Waals surface area (Å²) in [5.74, 6) is 1.47. The Kier molecular flexibility index (Phi) is 4.82. The number of hydrogen-bond acceptors (Lipinski definition) is 3. The standard InChI is InChI=1S/C11H18ClN3/c1-4-9(5-2)8(3)15-11-6-10(12)13-7-14-11/h6-9H,4-5H2,1-3H3,(H,13,14,15). The summed E-state index contributed by atoms with van der Waals surface area (Å²) in [7, 11) is 0. The molecule has 3 nitrogen and oxygen atoms in total. The monoisotopic (exact) mass is 227 g/mol. The first-order valence-corrected chi connectivity index (χ1v) is 5.79. The van der Waals surface area contributed by atoms with Crippen LogP contribution in [0.5, 0.6) is 0 Å². The van der Waals surface area contributed by atoms with Crippen molar-refractivity contribution in [2.75, 3.05) is 5.32 Å². The summed E-state index contributed by atoms with van der Waals surface area (Å²) in [6.07, 6.45) is 3.82. The van der Waals surface area contributed by atoms with E-state index in [-0.39, 0.29) is 0 Å². The maximum atomic E-state index is 5.78. The first-order chi connectivity index (χ1) is 7.17. The maximum absolute atomic E-state index is 5.78. The van der Waals surface area contributed by atoms with Gasteiger partial charge in [-0.1, -0.05) is 38.3 Å². The molecule has 0 saturated carbocycles. The minimum Gasteiger partial charge on any atom is -0.367 e. The van der Waals surface area contributed by atoms with Gasteiger partial charge in [0.05, 0.1) is 0 Å². The van der Waals surface area contributed by atoms with Crippen molar-refractivity contribution in [3.05, 3.63) is 17.5 Å². The summed E-state index contributed by atoms with van der Waals surface area (Å²) in [4.78, 5) is 7.97. The zero-order chi connectivity index (χ0) is 11.3. The van der Waals surface area contributed by atoms with Gasteiger partial charge in [-0.2, -0.15) is 0 Å². The smallest absolute Gasteiger partial charge is 0.134 e. The third kappa shape index (κ3) is 3.67. The fourth-order valence-electron chi connectivity index (χ4n) is 1.76. The Hall–Kier alpha value is -0.830. The molecule has 0 fully saturated rings. The van der Waals surface area contributed by atoms with E-state index in [1.165, 1.54) is 19.2 Å². The topological polar surface area (TPSA) is 37.8 Å². The van der Waals surface area contributed by atoms with Crippen molar-refractivity contribution >= 4 is 17.4 Å². The van der Waals surface area contributed by atoms with Gasteiger partial charge in [0.15, 0.2) is 0 Å². The molecular formula is C11H18ClN3. The van der Waals surface area contributed by atoms with Gasteiger partial charge in [-0.05, 0) is 12.8 Å². The predicted octanol–water partition coefficient (Wildman–Crippen LogP) is 3.37. The van der Waals surface area contributed by atoms with E-state index >= 15 is 0 Å². The lowest BCUT2D eigenvalue weighted by molar-refractivity contribution is 0.437. The van der Waals surface area contributed by atoms with Crippen LogP contribution in [0.3, 0.4) is 0 Å². The van der Waals surface area contributed by atoms with Crippen molar-refractivity contribution in [3.8, 4) is 0 Å². The fraction of sp³-hybridized carbons (Fsp3) is 0.636. The number of nitrogens with zero attached hydrogens (tertiary/aromatic N) is 2. The molecule has 0 spiro atoms. The molecule has 1 rings (SSSR count). The van der Waals surface area contributed by atoms with Gasteiger partial charge in [0.2, 0.25) is 0 Å². The highest BCUT2D eigenvalue weighted by molar-refractivity contribution is 6.29. The highest BCUT2D eigenvalue weighted by Gasteiger charge is 2.13. The molecule has 15 heavy (non-hydrogen) atoms. The Bertz CT molecular complexity index is 300. The van der Waals surface area contributed by atoms with E-state index in [9.17, 15) is 0 Å². The molecule has 0 aliphatic rings. The molecule has 1 aromatic rings. The van der Waals surface area contributed by atoms with Crippen LogP contribution in [0.1, 0.15) is 33.6 Å². The third-order valence-electron chi connectivity index (χ3n) is 2.77. The molecule has 1 unspecified atom stereocenters. The Morgan fingerprint density at radius 2 is 2.00 bits per heavy atom. The van der Waals surface area contributed by atoms with Crippen LogP contribution in [0.4, 0.5) is 5.82 Å². The largest absolute Gasteiger partial charge is 0.367 e. The summed E-state index contributed by atoms with van der Waals surface area (Å²) < 4.78 is 0. The van der Waals surface area contributed by atoms with Crippen molar-refractivity contribution in [2.45, 2.75) is 39.7 Å². The number of hydrogen-bond donors (Lipinski definition) is 1. The van der Waals surface area contributed by atoms with Gasteiger partial charge in [0, 0.05) is 12.1 Å². The van der Waals surface area contributed by atoms with E-state index < -0.39 is 0 Å². The lowest BCUT2D eigenvalue weighted by Crippen LogP contribution is -2.25. The van der Waals surface area contributed by atoms with E-state index in [2.05, 4.69) is 36.1 Å². The highest BCUT2D eigenvalue weighted by Crippen LogP contribution is 2.17. The predicted molar refractivity (Wildman–Crippen MR) is 64.2 cm³/mol. The normalized spacial score (nSPS) is 12.9. The molecule has 1 N–H and O–H groups in total. The van der Waals surface area contributed by atoms with Crippen LogP contribution in [0.2, 0.25) is 5.15 Å². The van der Waals surface area contributed by atoms with E-state index in [0.29, 0.717) is 17.1 Å². The average molecular weight is 228 g/mol. The fourth-order valence-corrected chi connectivity index (χ4v) is 1.91. The molecule has 0 saturated heterocycles. The molecule has 0 radical (unpaired) electrons. The van der Waals surface area contributed by atoms with Gasteiger partial charge < -0.3 is 5.32 Å². The Labute approximate surface area is 96.3 Å². The van der Waals surface area contributed by atoms with Crippen molar-refractivity contribution in [1.29, 1.82) is 0 Å². The van der Waals surface area contributed by atoms with E-state index in [1.807, 2.05) is 0 Å². The molecule has 0 bridgehead atoms. The van der Waals surface area contributed by atoms with E-state index in [1.54, 1.807) is 6.07 Å². The van der Waals surface area contributed by atoms with Gasteiger partial charge in [0.25, 0.3) is 0 Å². The number of nitrogens with one attached hydrogen (secondary N) is 1. The quantitative estimate of drug-likeness (QED) is 0.784. The Morgan fingerprint density at radius 3 is 2.53 bits per heavy atom. The average Bonchev–Trinajstić information content (AvgIpc) is 2.19. The van der Waals surface area contributed by atoms with Gasteiger partial charge in [0.1, 0.15) is 17.3 Å². The van der Waals surface area contributed by atoms with Crippen LogP contribution in [-0.4, -0.2) is 16.0 Å². The highest BCUT2D eigenvalue weighted by atomic mass is 35.5. The number of aromatic nitrogens is 2. The van der Waals surface area contributed by atoms with Crippen LogP contribution >= 0.6 is 11.6 Å². The first-order valence-electron chi connectivity index (χ1n) is 5.41. The minimum absolute atomic E-state index is 0.408. The third-order valence-corrected chi connectivity index (χ3v) is 2.97. The first kappa shape index (κ1) is 12.2. The second kappa shape index (κ2) is 5.91. The van der Waals surface area contributed by atoms with Crippen LogP contribution in [0.15, 0.2) is 12.4 Å². The summed E-state index contributed by atoms with van der Waals surface area (Å²) in [6, 6.07) is 2.16. The minimum atomic E-state index is 0.408. The molecule has 1 aromatic heterocycles. The summed E-state index contributed by atoms with van der Waals surface area (Å²) >= 11 is 5.78. The van der Waals surface area contributed by atoms with Gasteiger partial charge >= 0.3 is 0 Å². The van der Waals surface area contributed by atoms with Crippen molar-refractivity contribution in [1.82, 2.24) is 9.97 Å². The number of rotatable bonds is 5. The lowest BCUT2D eigenvalue weighted by Gasteiger charge is -2.22. The molecule has 84 valence electrons.